The van der Waals surface area contributed by atoms with Crippen LogP contribution in [0.15, 0.2) is 53.4 Å². The summed E-state index contributed by atoms with van der Waals surface area (Å²) in [6.07, 6.45) is 2.37. The summed E-state index contributed by atoms with van der Waals surface area (Å²) in [6, 6.07) is 15.3. The van der Waals surface area contributed by atoms with Gasteiger partial charge < -0.3 is 0 Å². The van der Waals surface area contributed by atoms with Crippen molar-refractivity contribution in [3.05, 3.63) is 64.7 Å². The van der Waals surface area contributed by atoms with Crippen molar-refractivity contribution >= 4 is 29.1 Å². The molecule has 0 unspecified atom stereocenters. The fraction of sp³-hybridized carbons (Fsp3) is 0.133. The predicted octanol–water partition coefficient (Wildman–Crippen LogP) is 4.49. The molecule has 0 aliphatic heterocycles. The molecule has 92 valence electrons. The van der Waals surface area contributed by atoms with Crippen LogP contribution in [-0.4, -0.2) is 12.0 Å². The number of hydrogen-bond donors (Lipinski definition) is 0. The Hall–Kier alpha value is -1.25. The molecule has 3 heteroatoms. The van der Waals surface area contributed by atoms with Gasteiger partial charge in [0.2, 0.25) is 0 Å². The Morgan fingerprint density at radius 2 is 1.89 bits per heavy atom. The van der Waals surface area contributed by atoms with Gasteiger partial charge in [0.15, 0.2) is 5.78 Å². The first-order chi connectivity index (χ1) is 8.70. The van der Waals surface area contributed by atoms with Gasteiger partial charge in [0.05, 0.1) is 5.02 Å². The van der Waals surface area contributed by atoms with Gasteiger partial charge >= 0.3 is 0 Å². The van der Waals surface area contributed by atoms with E-state index in [2.05, 4.69) is 0 Å². The smallest absolute Gasteiger partial charge is 0.168 e. The number of benzene rings is 2. The molecule has 0 heterocycles. The van der Waals surface area contributed by atoms with Crippen LogP contribution in [0.2, 0.25) is 5.02 Å². The van der Waals surface area contributed by atoms with E-state index in [-0.39, 0.29) is 5.78 Å². The third kappa shape index (κ3) is 3.15. The molecule has 0 N–H and O–H groups in total. The zero-order valence-electron chi connectivity index (χ0n) is 10.0. The van der Waals surface area contributed by atoms with Gasteiger partial charge in [0.25, 0.3) is 0 Å². The van der Waals surface area contributed by atoms with Gasteiger partial charge in [-0.15, -0.1) is 11.8 Å². The number of carbonyl (C=O) groups is 1. The highest BCUT2D eigenvalue weighted by Gasteiger charge is 2.11. The fourth-order valence-electron chi connectivity index (χ4n) is 1.73. The summed E-state index contributed by atoms with van der Waals surface area (Å²) in [5.41, 5.74) is 1.60. The summed E-state index contributed by atoms with van der Waals surface area (Å²) in [5.74, 6) is 0.0545. The molecule has 0 saturated heterocycles. The van der Waals surface area contributed by atoms with Gasteiger partial charge in [-0.3, -0.25) is 4.79 Å². The van der Waals surface area contributed by atoms with Gasteiger partial charge in [0, 0.05) is 16.9 Å². The van der Waals surface area contributed by atoms with Crippen LogP contribution >= 0.6 is 23.4 Å². The molecule has 0 bridgehead atoms. The lowest BCUT2D eigenvalue weighted by atomic mass is 10.0. The second kappa shape index (κ2) is 6.07. The average molecular weight is 277 g/mol. The highest BCUT2D eigenvalue weighted by Crippen LogP contribution is 2.24. The normalized spacial score (nSPS) is 10.3. The van der Waals surface area contributed by atoms with Gasteiger partial charge in [-0.2, -0.15) is 0 Å². The van der Waals surface area contributed by atoms with Crippen LogP contribution in [-0.2, 0) is 6.42 Å². The molecule has 1 nitrogen and oxygen atoms in total. The topological polar surface area (TPSA) is 17.1 Å². The monoisotopic (exact) mass is 276 g/mol. The third-order valence-electron chi connectivity index (χ3n) is 2.68. The lowest BCUT2D eigenvalue weighted by molar-refractivity contribution is 0.0993. The van der Waals surface area contributed by atoms with E-state index in [9.17, 15) is 4.79 Å². The summed E-state index contributed by atoms with van der Waals surface area (Å²) in [6.45, 7) is 0. The van der Waals surface area contributed by atoms with E-state index in [0.717, 1.165) is 10.5 Å². The van der Waals surface area contributed by atoms with Crippen LogP contribution in [0.3, 0.4) is 0 Å². The quantitative estimate of drug-likeness (QED) is 0.605. The van der Waals surface area contributed by atoms with Gasteiger partial charge in [-0.25, -0.2) is 0 Å². The first kappa shape index (κ1) is 13.2. The van der Waals surface area contributed by atoms with Gasteiger partial charge in [0.1, 0.15) is 0 Å². The van der Waals surface area contributed by atoms with Crippen LogP contribution in [0, 0.1) is 0 Å². The van der Waals surface area contributed by atoms with E-state index < -0.39 is 0 Å². The maximum atomic E-state index is 12.1. The SMILES string of the molecule is CSc1ccc(C(=O)Cc2ccccc2)c(Cl)c1. The van der Waals surface area contributed by atoms with E-state index >= 15 is 0 Å². The molecular formula is C15H13ClOS. The van der Waals surface area contributed by atoms with Crippen molar-refractivity contribution in [2.75, 3.05) is 6.26 Å². The van der Waals surface area contributed by atoms with E-state index in [1.54, 1.807) is 17.8 Å². The molecular weight excluding hydrogens is 264 g/mol. The largest absolute Gasteiger partial charge is 0.294 e. The maximum Gasteiger partial charge on any atom is 0.168 e. The second-order valence-corrected chi connectivity index (χ2v) is 5.22. The minimum absolute atomic E-state index is 0.0545. The Balaban J connectivity index is 2.19. The summed E-state index contributed by atoms with van der Waals surface area (Å²) in [5, 5.41) is 0.530. The molecule has 0 amide bonds. The first-order valence-electron chi connectivity index (χ1n) is 5.61. The molecule has 0 aliphatic carbocycles. The minimum Gasteiger partial charge on any atom is -0.294 e. The third-order valence-corrected chi connectivity index (χ3v) is 3.72. The number of Topliss-reactive ketones (excluding diaryl/α,β-unsaturated/α-hetero) is 1. The summed E-state index contributed by atoms with van der Waals surface area (Å²) < 4.78 is 0. The fourth-order valence-corrected chi connectivity index (χ4v) is 2.52. The number of carbonyl (C=O) groups excluding carboxylic acids is 1. The second-order valence-electron chi connectivity index (χ2n) is 3.93. The van der Waals surface area contributed by atoms with E-state index in [1.165, 1.54) is 0 Å². The number of ketones is 1. The molecule has 0 spiro atoms. The molecule has 0 aromatic heterocycles. The molecule has 0 atom stereocenters. The van der Waals surface area contributed by atoms with Crippen LogP contribution in [0.5, 0.6) is 0 Å². The maximum absolute atomic E-state index is 12.1. The van der Waals surface area contributed by atoms with Crippen molar-refractivity contribution < 1.29 is 4.79 Å². The molecule has 0 aliphatic rings. The number of rotatable bonds is 4. The Morgan fingerprint density at radius 3 is 2.50 bits per heavy atom. The number of hydrogen-bond acceptors (Lipinski definition) is 2. The summed E-state index contributed by atoms with van der Waals surface area (Å²) in [7, 11) is 0. The molecule has 0 radical (unpaired) electrons. The lowest BCUT2D eigenvalue weighted by Gasteiger charge is -2.05. The van der Waals surface area contributed by atoms with E-state index in [1.807, 2.05) is 48.7 Å². The summed E-state index contributed by atoms with van der Waals surface area (Å²) in [4.78, 5) is 13.2. The van der Waals surface area contributed by atoms with Crippen LogP contribution in [0.25, 0.3) is 0 Å². The molecule has 0 fully saturated rings. The van der Waals surface area contributed by atoms with Crippen molar-refractivity contribution in [2.24, 2.45) is 0 Å². The Labute approximate surface area is 116 Å². The van der Waals surface area contributed by atoms with Gasteiger partial charge in [-0.05, 0) is 30.0 Å². The van der Waals surface area contributed by atoms with Crippen LogP contribution < -0.4 is 0 Å². The molecule has 2 aromatic rings. The molecule has 2 rings (SSSR count). The predicted molar refractivity (Wildman–Crippen MR) is 77.7 cm³/mol. The summed E-state index contributed by atoms with van der Waals surface area (Å²) >= 11 is 7.75. The van der Waals surface area contributed by atoms with Gasteiger partial charge in [-0.1, -0.05) is 41.9 Å². The zero-order valence-corrected chi connectivity index (χ0v) is 11.6. The van der Waals surface area contributed by atoms with Crippen molar-refractivity contribution in [2.45, 2.75) is 11.3 Å². The van der Waals surface area contributed by atoms with E-state index in [0.29, 0.717) is 17.0 Å². The zero-order chi connectivity index (χ0) is 13.0. The van der Waals surface area contributed by atoms with Crippen molar-refractivity contribution in [3.63, 3.8) is 0 Å². The Morgan fingerprint density at radius 1 is 1.17 bits per heavy atom. The first-order valence-corrected chi connectivity index (χ1v) is 7.21. The highest BCUT2D eigenvalue weighted by molar-refractivity contribution is 7.98. The number of thioether (sulfide) groups is 1. The van der Waals surface area contributed by atoms with Crippen LogP contribution in [0.4, 0.5) is 0 Å². The Kier molecular flexibility index (Phi) is 4.45. The van der Waals surface area contributed by atoms with Crippen molar-refractivity contribution in [1.82, 2.24) is 0 Å². The molecule has 18 heavy (non-hydrogen) atoms. The van der Waals surface area contributed by atoms with E-state index in [4.69, 9.17) is 11.6 Å². The van der Waals surface area contributed by atoms with Crippen LogP contribution in [0.1, 0.15) is 15.9 Å². The average Bonchev–Trinajstić information content (AvgIpc) is 2.39. The highest BCUT2D eigenvalue weighted by atomic mass is 35.5. The molecule has 2 aromatic carbocycles. The van der Waals surface area contributed by atoms with Crippen molar-refractivity contribution in [1.29, 1.82) is 0 Å². The van der Waals surface area contributed by atoms with Crippen molar-refractivity contribution in [3.8, 4) is 0 Å². The lowest BCUT2D eigenvalue weighted by Crippen LogP contribution is -2.04. The standard InChI is InChI=1S/C15H13ClOS/c1-18-12-7-8-13(14(16)10-12)15(17)9-11-5-3-2-4-6-11/h2-8,10H,9H2,1H3. The Bertz CT molecular complexity index is 552. The minimum atomic E-state index is 0.0545. The number of halogens is 1. The molecule has 0 saturated carbocycles.